The Labute approximate surface area is 96.1 Å². The molecule has 0 amide bonds. The van der Waals surface area contributed by atoms with Crippen LogP contribution in [0, 0.1) is 0 Å². The highest BCUT2D eigenvalue weighted by Gasteiger charge is 2.10. The van der Waals surface area contributed by atoms with Gasteiger partial charge in [0.1, 0.15) is 0 Å². The number of nitrogens with one attached hydrogen (secondary N) is 2. The van der Waals surface area contributed by atoms with Crippen LogP contribution in [0.25, 0.3) is 0 Å². The van der Waals surface area contributed by atoms with Crippen LogP contribution in [0.5, 0.6) is 0 Å². The van der Waals surface area contributed by atoms with E-state index < -0.39 is 0 Å². The van der Waals surface area contributed by atoms with Crippen LogP contribution >= 0.6 is 12.2 Å². The van der Waals surface area contributed by atoms with Gasteiger partial charge in [-0.05, 0) is 39.1 Å². The van der Waals surface area contributed by atoms with Crippen molar-refractivity contribution in [1.29, 1.82) is 0 Å². The number of thiocarbonyl (C=S) groups is 1. The molecular weight excluding hydrogens is 208 g/mol. The Hall–Kier alpha value is -1.10. The molecule has 15 heavy (non-hydrogen) atoms. The predicted octanol–water partition coefficient (Wildman–Crippen LogP) is 1.45. The number of hydrogen-bond donors (Lipinski definition) is 2. The van der Waals surface area contributed by atoms with E-state index in [2.05, 4.69) is 29.6 Å². The summed E-state index contributed by atoms with van der Waals surface area (Å²) in [5.74, 6) is 0. The number of aromatic nitrogens is 2. The van der Waals surface area contributed by atoms with Crippen molar-refractivity contribution in [3.05, 3.63) is 18.0 Å². The zero-order chi connectivity index (χ0) is 11.3. The molecule has 1 rings (SSSR count). The van der Waals surface area contributed by atoms with Crippen molar-refractivity contribution >= 4 is 17.3 Å². The standard InChI is InChI=1S/C10H18N4S/c1-4-11-10(15)13-8(3)9-6-7-12-14(9)5-2/h6-8H,4-5H2,1-3H3,(H2,11,13,15). The van der Waals surface area contributed by atoms with Gasteiger partial charge in [-0.25, -0.2) is 0 Å². The molecule has 84 valence electrons. The van der Waals surface area contributed by atoms with Crippen LogP contribution in [0.3, 0.4) is 0 Å². The number of nitrogens with zero attached hydrogens (tertiary/aromatic N) is 2. The molecule has 5 heteroatoms. The summed E-state index contributed by atoms with van der Waals surface area (Å²) in [5.41, 5.74) is 1.15. The fraction of sp³-hybridized carbons (Fsp3) is 0.600. The molecule has 0 aromatic carbocycles. The summed E-state index contributed by atoms with van der Waals surface area (Å²) in [6.45, 7) is 7.89. The minimum absolute atomic E-state index is 0.180. The Bertz CT molecular complexity index is 321. The van der Waals surface area contributed by atoms with E-state index in [0.717, 1.165) is 18.8 Å². The normalized spacial score (nSPS) is 12.2. The third kappa shape index (κ3) is 3.20. The molecule has 1 aromatic rings. The lowest BCUT2D eigenvalue weighted by molar-refractivity contribution is 0.564. The maximum Gasteiger partial charge on any atom is 0.166 e. The average Bonchev–Trinajstić information content (AvgIpc) is 2.65. The van der Waals surface area contributed by atoms with Crippen molar-refractivity contribution in [2.75, 3.05) is 6.54 Å². The summed E-state index contributed by atoms with van der Waals surface area (Å²) in [5, 5.41) is 11.2. The second-order valence-corrected chi connectivity index (χ2v) is 3.71. The molecular formula is C10H18N4S. The Morgan fingerprint density at radius 3 is 2.93 bits per heavy atom. The highest BCUT2D eigenvalue weighted by molar-refractivity contribution is 7.80. The third-order valence-electron chi connectivity index (χ3n) is 2.18. The lowest BCUT2D eigenvalue weighted by Crippen LogP contribution is -2.37. The van der Waals surface area contributed by atoms with E-state index >= 15 is 0 Å². The van der Waals surface area contributed by atoms with Crippen LogP contribution < -0.4 is 10.6 Å². The van der Waals surface area contributed by atoms with Crippen LogP contribution in [0.15, 0.2) is 12.3 Å². The van der Waals surface area contributed by atoms with Crippen LogP contribution in [0.2, 0.25) is 0 Å². The summed E-state index contributed by atoms with van der Waals surface area (Å²) < 4.78 is 1.96. The summed E-state index contributed by atoms with van der Waals surface area (Å²) in [6, 6.07) is 2.19. The Balaban J connectivity index is 2.60. The Morgan fingerprint density at radius 1 is 1.60 bits per heavy atom. The van der Waals surface area contributed by atoms with E-state index in [1.165, 1.54) is 0 Å². The van der Waals surface area contributed by atoms with Gasteiger partial charge < -0.3 is 10.6 Å². The Morgan fingerprint density at radius 2 is 2.33 bits per heavy atom. The van der Waals surface area contributed by atoms with Gasteiger partial charge in [0.25, 0.3) is 0 Å². The molecule has 0 saturated carbocycles. The molecule has 0 spiro atoms. The third-order valence-corrected chi connectivity index (χ3v) is 2.44. The van der Waals surface area contributed by atoms with Gasteiger partial charge in [0.15, 0.2) is 5.11 Å². The molecule has 0 bridgehead atoms. The van der Waals surface area contributed by atoms with Crippen LogP contribution in [-0.4, -0.2) is 21.4 Å². The average molecular weight is 226 g/mol. The summed E-state index contributed by atoms with van der Waals surface area (Å²) in [4.78, 5) is 0. The van der Waals surface area contributed by atoms with Gasteiger partial charge in [-0.1, -0.05) is 0 Å². The van der Waals surface area contributed by atoms with Crippen molar-refractivity contribution in [1.82, 2.24) is 20.4 Å². The first-order valence-electron chi connectivity index (χ1n) is 5.25. The van der Waals surface area contributed by atoms with Gasteiger partial charge in [-0.2, -0.15) is 5.10 Å². The molecule has 0 aliphatic rings. The second kappa shape index (κ2) is 5.70. The van der Waals surface area contributed by atoms with Crippen molar-refractivity contribution in [3.8, 4) is 0 Å². The van der Waals surface area contributed by atoms with Gasteiger partial charge in [0.05, 0.1) is 11.7 Å². The minimum atomic E-state index is 0.180. The molecule has 1 unspecified atom stereocenters. The van der Waals surface area contributed by atoms with Crippen LogP contribution in [0.4, 0.5) is 0 Å². The second-order valence-electron chi connectivity index (χ2n) is 3.30. The molecule has 2 N–H and O–H groups in total. The monoisotopic (exact) mass is 226 g/mol. The molecule has 1 atom stereocenters. The van der Waals surface area contributed by atoms with E-state index in [0.29, 0.717) is 5.11 Å². The molecule has 1 aromatic heterocycles. The lowest BCUT2D eigenvalue weighted by atomic mass is 10.2. The maximum absolute atomic E-state index is 5.13. The van der Waals surface area contributed by atoms with Crippen molar-refractivity contribution in [2.45, 2.75) is 33.4 Å². The highest BCUT2D eigenvalue weighted by Crippen LogP contribution is 2.10. The van der Waals surface area contributed by atoms with E-state index in [9.17, 15) is 0 Å². The van der Waals surface area contributed by atoms with Gasteiger partial charge in [-0.15, -0.1) is 0 Å². The van der Waals surface area contributed by atoms with Crippen LogP contribution in [0.1, 0.15) is 32.5 Å². The first kappa shape index (κ1) is 12.0. The first-order valence-corrected chi connectivity index (χ1v) is 5.65. The summed E-state index contributed by atoms with van der Waals surface area (Å²) >= 11 is 5.13. The fourth-order valence-corrected chi connectivity index (χ4v) is 1.78. The quantitative estimate of drug-likeness (QED) is 0.763. The summed E-state index contributed by atoms with van der Waals surface area (Å²) in [6.07, 6.45) is 1.81. The smallest absolute Gasteiger partial charge is 0.166 e. The van der Waals surface area contributed by atoms with E-state index in [-0.39, 0.29) is 6.04 Å². The van der Waals surface area contributed by atoms with E-state index in [4.69, 9.17) is 12.2 Å². The lowest BCUT2D eigenvalue weighted by Gasteiger charge is -2.17. The van der Waals surface area contributed by atoms with Crippen molar-refractivity contribution in [3.63, 3.8) is 0 Å². The summed E-state index contributed by atoms with van der Waals surface area (Å²) in [7, 11) is 0. The van der Waals surface area contributed by atoms with Crippen molar-refractivity contribution in [2.24, 2.45) is 0 Å². The van der Waals surface area contributed by atoms with Gasteiger partial charge in [0, 0.05) is 19.3 Å². The zero-order valence-electron chi connectivity index (χ0n) is 9.45. The molecule has 0 saturated heterocycles. The van der Waals surface area contributed by atoms with Crippen molar-refractivity contribution < 1.29 is 0 Å². The molecule has 0 aliphatic heterocycles. The number of aryl methyl sites for hydroxylation is 1. The van der Waals surface area contributed by atoms with E-state index in [1.54, 1.807) is 0 Å². The van der Waals surface area contributed by atoms with Gasteiger partial charge in [0.2, 0.25) is 0 Å². The predicted molar refractivity (Wildman–Crippen MR) is 65.7 cm³/mol. The van der Waals surface area contributed by atoms with Crippen LogP contribution in [-0.2, 0) is 6.54 Å². The SMILES string of the molecule is CCNC(=S)NC(C)c1ccnn1CC. The molecule has 1 heterocycles. The highest BCUT2D eigenvalue weighted by atomic mass is 32.1. The maximum atomic E-state index is 5.13. The van der Waals surface area contributed by atoms with Gasteiger partial charge >= 0.3 is 0 Å². The zero-order valence-corrected chi connectivity index (χ0v) is 10.3. The Kier molecular flexibility index (Phi) is 4.55. The largest absolute Gasteiger partial charge is 0.363 e. The topological polar surface area (TPSA) is 41.9 Å². The molecule has 4 nitrogen and oxygen atoms in total. The fourth-order valence-electron chi connectivity index (χ4n) is 1.46. The molecule has 0 radical (unpaired) electrons. The first-order chi connectivity index (χ1) is 7.19. The van der Waals surface area contributed by atoms with E-state index in [1.807, 2.05) is 23.9 Å². The number of hydrogen-bond acceptors (Lipinski definition) is 2. The van der Waals surface area contributed by atoms with Gasteiger partial charge in [-0.3, -0.25) is 4.68 Å². The molecule has 0 aliphatic carbocycles. The minimum Gasteiger partial charge on any atom is -0.363 e. The number of rotatable bonds is 4. The molecule has 0 fully saturated rings.